The van der Waals surface area contributed by atoms with Crippen LogP contribution in [0.4, 0.5) is 0 Å². The van der Waals surface area contributed by atoms with Gasteiger partial charge in [0.05, 0.1) is 5.25 Å². The summed E-state index contributed by atoms with van der Waals surface area (Å²) in [5.74, 6) is 1.62. The van der Waals surface area contributed by atoms with Crippen molar-refractivity contribution in [3.05, 3.63) is 48.3 Å². The second-order valence-corrected chi connectivity index (χ2v) is 6.20. The number of fused-ring (bicyclic) bond motifs is 1. The number of benzene rings is 1. The molecule has 1 aromatic heterocycles. The van der Waals surface area contributed by atoms with Gasteiger partial charge in [-0.3, -0.25) is 4.98 Å². The van der Waals surface area contributed by atoms with Gasteiger partial charge in [0.1, 0.15) is 13.2 Å². The Hall–Kier alpha value is -1.72. The SMILES string of the molecule is CC(N)C(Sc1ccc2c(c1)OCCO2)c1cccnc1. The Labute approximate surface area is 128 Å². The molecule has 0 bridgehead atoms. The number of thioether (sulfide) groups is 1. The van der Waals surface area contributed by atoms with E-state index in [1.165, 1.54) is 0 Å². The predicted octanol–water partition coefficient (Wildman–Crippen LogP) is 3.03. The standard InChI is InChI=1S/C16H18N2O2S/c1-11(17)16(12-3-2-6-18-10-12)21-13-4-5-14-15(9-13)20-8-7-19-14/h2-6,9-11,16H,7-8,17H2,1H3. The molecule has 1 aliphatic heterocycles. The smallest absolute Gasteiger partial charge is 0.162 e. The number of hydrogen-bond donors (Lipinski definition) is 1. The van der Waals surface area contributed by atoms with Gasteiger partial charge >= 0.3 is 0 Å². The van der Waals surface area contributed by atoms with Gasteiger partial charge in [0.2, 0.25) is 0 Å². The third kappa shape index (κ3) is 3.31. The molecule has 0 radical (unpaired) electrons. The van der Waals surface area contributed by atoms with Crippen LogP contribution in [-0.4, -0.2) is 24.2 Å². The summed E-state index contributed by atoms with van der Waals surface area (Å²) in [6, 6.07) is 10.0. The van der Waals surface area contributed by atoms with Gasteiger partial charge in [-0.15, -0.1) is 11.8 Å². The molecule has 5 heteroatoms. The van der Waals surface area contributed by atoms with Gasteiger partial charge in [0, 0.05) is 23.3 Å². The second-order valence-electron chi connectivity index (χ2n) is 4.99. The van der Waals surface area contributed by atoms with Crippen molar-refractivity contribution < 1.29 is 9.47 Å². The van der Waals surface area contributed by atoms with Gasteiger partial charge in [-0.1, -0.05) is 6.07 Å². The van der Waals surface area contributed by atoms with Gasteiger partial charge in [-0.2, -0.15) is 0 Å². The van der Waals surface area contributed by atoms with Crippen LogP contribution >= 0.6 is 11.8 Å². The Bertz CT molecular complexity index is 604. The zero-order chi connectivity index (χ0) is 14.7. The Morgan fingerprint density at radius 1 is 1.19 bits per heavy atom. The number of ether oxygens (including phenoxy) is 2. The maximum absolute atomic E-state index is 6.15. The predicted molar refractivity (Wildman–Crippen MR) is 83.9 cm³/mol. The third-order valence-electron chi connectivity index (χ3n) is 3.27. The van der Waals surface area contributed by atoms with Crippen LogP contribution < -0.4 is 15.2 Å². The number of hydrogen-bond acceptors (Lipinski definition) is 5. The van der Waals surface area contributed by atoms with Crippen LogP contribution in [0.15, 0.2) is 47.6 Å². The van der Waals surface area contributed by atoms with E-state index in [0.29, 0.717) is 13.2 Å². The number of rotatable bonds is 4. The molecule has 0 saturated carbocycles. The molecule has 4 nitrogen and oxygen atoms in total. The van der Waals surface area contributed by atoms with Gasteiger partial charge in [0.15, 0.2) is 11.5 Å². The highest BCUT2D eigenvalue weighted by Crippen LogP contribution is 2.41. The first-order chi connectivity index (χ1) is 10.2. The zero-order valence-electron chi connectivity index (χ0n) is 11.9. The van der Waals surface area contributed by atoms with Crippen LogP contribution in [-0.2, 0) is 0 Å². The lowest BCUT2D eigenvalue weighted by Gasteiger charge is -2.22. The fourth-order valence-corrected chi connectivity index (χ4v) is 3.37. The highest BCUT2D eigenvalue weighted by atomic mass is 32.2. The summed E-state index contributed by atoms with van der Waals surface area (Å²) in [7, 11) is 0. The fraction of sp³-hybridized carbons (Fsp3) is 0.312. The molecule has 1 aliphatic rings. The lowest BCUT2D eigenvalue weighted by atomic mass is 10.1. The average molecular weight is 302 g/mol. The van der Waals surface area contributed by atoms with Crippen molar-refractivity contribution in [3.63, 3.8) is 0 Å². The highest BCUT2D eigenvalue weighted by molar-refractivity contribution is 7.99. The van der Waals surface area contributed by atoms with Crippen molar-refractivity contribution in [2.24, 2.45) is 5.73 Å². The molecule has 3 rings (SSSR count). The minimum absolute atomic E-state index is 0.0207. The quantitative estimate of drug-likeness (QED) is 0.880. The Morgan fingerprint density at radius 2 is 2.00 bits per heavy atom. The molecular formula is C16H18N2O2S. The van der Waals surface area contributed by atoms with E-state index in [2.05, 4.69) is 11.1 Å². The van der Waals surface area contributed by atoms with Crippen LogP contribution in [0, 0.1) is 0 Å². The van der Waals surface area contributed by atoms with Crippen molar-refractivity contribution in [1.29, 1.82) is 0 Å². The Balaban J connectivity index is 1.83. The minimum Gasteiger partial charge on any atom is -0.486 e. The van der Waals surface area contributed by atoms with Crippen LogP contribution in [0.5, 0.6) is 11.5 Å². The molecule has 21 heavy (non-hydrogen) atoms. The van der Waals surface area contributed by atoms with Gasteiger partial charge in [-0.25, -0.2) is 0 Å². The lowest BCUT2D eigenvalue weighted by molar-refractivity contribution is 0.171. The summed E-state index contributed by atoms with van der Waals surface area (Å²) < 4.78 is 11.2. The summed E-state index contributed by atoms with van der Waals surface area (Å²) >= 11 is 1.72. The van der Waals surface area contributed by atoms with Gasteiger partial charge in [-0.05, 0) is 36.8 Å². The van der Waals surface area contributed by atoms with Crippen molar-refractivity contribution in [2.75, 3.05) is 13.2 Å². The zero-order valence-corrected chi connectivity index (χ0v) is 12.7. The van der Waals surface area contributed by atoms with E-state index in [1.54, 1.807) is 18.0 Å². The molecular weight excluding hydrogens is 284 g/mol. The second kappa shape index (κ2) is 6.37. The van der Waals surface area contributed by atoms with Crippen LogP contribution in [0.25, 0.3) is 0 Å². The first kappa shape index (κ1) is 14.2. The summed E-state index contributed by atoms with van der Waals surface area (Å²) in [5, 5.41) is 0.154. The van der Waals surface area contributed by atoms with Crippen molar-refractivity contribution in [1.82, 2.24) is 4.98 Å². The molecule has 1 aromatic carbocycles. The number of pyridine rings is 1. The summed E-state index contributed by atoms with van der Waals surface area (Å²) in [6.07, 6.45) is 3.65. The van der Waals surface area contributed by atoms with Gasteiger partial charge in [0.25, 0.3) is 0 Å². The number of nitrogens with two attached hydrogens (primary N) is 1. The van der Waals surface area contributed by atoms with E-state index in [9.17, 15) is 0 Å². The van der Waals surface area contributed by atoms with Crippen LogP contribution in [0.2, 0.25) is 0 Å². The molecule has 2 N–H and O–H groups in total. The summed E-state index contributed by atoms with van der Waals surface area (Å²) in [4.78, 5) is 5.30. The molecule has 110 valence electrons. The maximum atomic E-state index is 6.15. The summed E-state index contributed by atoms with van der Waals surface area (Å²) in [5.41, 5.74) is 7.28. The third-order valence-corrected chi connectivity index (χ3v) is 4.75. The van der Waals surface area contributed by atoms with Gasteiger partial charge < -0.3 is 15.2 Å². The highest BCUT2D eigenvalue weighted by Gasteiger charge is 2.19. The lowest BCUT2D eigenvalue weighted by Crippen LogP contribution is -2.22. The molecule has 0 fully saturated rings. The Kier molecular flexibility index (Phi) is 4.31. The van der Waals surface area contributed by atoms with E-state index >= 15 is 0 Å². The molecule has 2 unspecified atom stereocenters. The summed E-state index contributed by atoms with van der Waals surface area (Å²) in [6.45, 7) is 3.22. The largest absolute Gasteiger partial charge is 0.486 e. The van der Waals surface area contributed by atoms with E-state index in [1.807, 2.05) is 37.4 Å². The maximum Gasteiger partial charge on any atom is 0.162 e. The van der Waals surface area contributed by atoms with E-state index < -0.39 is 0 Å². The van der Waals surface area contributed by atoms with E-state index in [0.717, 1.165) is 22.0 Å². The molecule has 2 aromatic rings. The molecule has 0 amide bonds. The Morgan fingerprint density at radius 3 is 2.71 bits per heavy atom. The molecule has 2 atom stereocenters. The van der Waals surface area contributed by atoms with Crippen molar-refractivity contribution >= 4 is 11.8 Å². The molecule has 0 aliphatic carbocycles. The molecule has 2 heterocycles. The number of aromatic nitrogens is 1. The molecule has 0 spiro atoms. The minimum atomic E-state index is 0.0207. The topological polar surface area (TPSA) is 57.4 Å². The van der Waals surface area contributed by atoms with E-state index in [-0.39, 0.29) is 11.3 Å². The molecule has 0 saturated heterocycles. The van der Waals surface area contributed by atoms with Crippen molar-refractivity contribution in [3.8, 4) is 11.5 Å². The first-order valence-corrected chi connectivity index (χ1v) is 7.84. The van der Waals surface area contributed by atoms with Crippen LogP contribution in [0.3, 0.4) is 0 Å². The monoisotopic (exact) mass is 302 g/mol. The van der Waals surface area contributed by atoms with E-state index in [4.69, 9.17) is 15.2 Å². The van der Waals surface area contributed by atoms with Crippen molar-refractivity contribution in [2.45, 2.75) is 23.1 Å². The number of nitrogens with zero attached hydrogens (tertiary/aromatic N) is 1. The fourth-order valence-electron chi connectivity index (χ4n) is 2.27. The average Bonchev–Trinajstić information content (AvgIpc) is 2.53. The normalized spacial score (nSPS) is 16.3. The first-order valence-electron chi connectivity index (χ1n) is 6.96. The van der Waals surface area contributed by atoms with Crippen LogP contribution in [0.1, 0.15) is 17.7 Å².